The fourth-order valence-electron chi connectivity index (χ4n) is 6.51. The van der Waals surface area contributed by atoms with Crippen molar-refractivity contribution in [2.24, 2.45) is 5.92 Å². The van der Waals surface area contributed by atoms with Crippen LogP contribution in [0.5, 0.6) is 0 Å². The van der Waals surface area contributed by atoms with Crippen molar-refractivity contribution in [3.05, 3.63) is 27.4 Å². The molecular weight excluding hydrogens is 388 g/mol. The highest BCUT2D eigenvalue weighted by Gasteiger charge is 2.35. The molecule has 5 rings (SSSR count). The van der Waals surface area contributed by atoms with Gasteiger partial charge in [0, 0.05) is 25.4 Å². The lowest BCUT2D eigenvalue weighted by molar-refractivity contribution is -0.133. The van der Waals surface area contributed by atoms with E-state index in [0.29, 0.717) is 43.5 Å². The van der Waals surface area contributed by atoms with Gasteiger partial charge in [-0.25, -0.2) is 4.98 Å². The zero-order valence-corrected chi connectivity index (χ0v) is 18.9. The van der Waals surface area contributed by atoms with Crippen molar-refractivity contribution in [2.75, 3.05) is 13.1 Å². The van der Waals surface area contributed by atoms with Crippen molar-refractivity contribution in [3.8, 4) is 0 Å². The van der Waals surface area contributed by atoms with Crippen LogP contribution in [0.25, 0.3) is 0 Å². The van der Waals surface area contributed by atoms with Gasteiger partial charge in [-0.15, -0.1) is 0 Å². The topological polar surface area (TPSA) is 69.3 Å². The summed E-state index contributed by atoms with van der Waals surface area (Å²) < 4.78 is 0. The molecule has 4 aliphatic rings. The van der Waals surface area contributed by atoms with Crippen molar-refractivity contribution in [1.82, 2.24) is 19.8 Å². The number of hydrogen-bond acceptors (Lipinski definition) is 4. The maximum Gasteiger partial charge on any atom is 0.256 e. The van der Waals surface area contributed by atoms with E-state index in [1.54, 1.807) is 0 Å². The average Bonchev–Trinajstić information content (AvgIpc) is 3.30. The molecule has 1 aromatic rings. The summed E-state index contributed by atoms with van der Waals surface area (Å²) in [7, 11) is 0. The third kappa shape index (κ3) is 4.59. The Morgan fingerprint density at radius 1 is 0.935 bits per heavy atom. The number of hydrogen-bond donors (Lipinski definition) is 1. The van der Waals surface area contributed by atoms with Crippen molar-refractivity contribution in [3.63, 3.8) is 0 Å². The van der Waals surface area contributed by atoms with E-state index in [0.717, 1.165) is 24.5 Å². The van der Waals surface area contributed by atoms with Crippen LogP contribution in [0.2, 0.25) is 0 Å². The number of H-pyrrole nitrogens is 1. The molecule has 3 fully saturated rings. The van der Waals surface area contributed by atoms with Gasteiger partial charge in [0.1, 0.15) is 5.82 Å². The molecule has 6 heteroatoms. The number of aromatic nitrogens is 2. The van der Waals surface area contributed by atoms with E-state index >= 15 is 0 Å². The molecule has 6 nitrogen and oxygen atoms in total. The summed E-state index contributed by atoms with van der Waals surface area (Å²) >= 11 is 0. The quantitative estimate of drug-likeness (QED) is 0.787. The number of carbonyl (C=O) groups excluding carboxylic acids is 1. The first kappa shape index (κ1) is 21.2. The number of carbonyl (C=O) groups is 1. The third-order valence-electron chi connectivity index (χ3n) is 8.28. The fraction of sp³-hybridized carbons (Fsp3) is 0.800. The minimum Gasteiger partial charge on any atom is -0.338 e. The average molecular weight is 427 g/mol. The molecule has 3 heterocycles. The number of rotatable bonds is 4. The summed E-state index contributed by atoms with van der Waals surface area (Å²) in [5.74, 6) is 1.63. The van der Waals surface area contributed by atoms with Gasteiger partial charge in [-0.05, 0) is 51.0 Å². The maximum absolute atomic E-state index is 13.0. The summed E-state index contributed by atoms with van der Waals surface area (Å²) in [6, 6.07) is 0.905. The SMILES string of the molecule is O=C(CC1CCCCC1)N1CCc2nc([C@@H]3CCCN3C3CCCCC3)[nH]c(=O)c2C1. The van der Waals surface area contributed by atoms with E-state index in [9.17, 15) is 9.59 Å². The van der Waals surface area contributed by atoms with Gasteiger partial charge in [0.2, 0.25) is 5.91 Å². The second kappa shape index (κ2) is 9.43. The van der Waals surface area contributed by atoms with Crippen molar-refractivity contribution < 1.29 is 4.79 Å². The Morgan fingerprint density at radius 3 is 2.45 bits per heavy atom. The van der Waals surface area contributed by atoms with Gasteiger partial charge in [0.15, 0.2) is 0 Å². The minimum atomic E-state index is -0.0225. The molecule has 31 heavy (non-hydrogen) atoms. The minimum absolute atomic E-state index is 0.0225. The lowest BCUT2D eigenvalue weighted by Crippen LogP contribution is -2.41. The van der Waals surface area contributed by atoms with Crippen LogP contribution in [0.3, 0.4) is 0 Å². The van der Waals surface area contributed by atoms with E-state index < -0.39 is 0 Å². The van der Waals surface area contributed by atoms with E-state index in [2.05, 4.69) is 9.88 Å². The highest BCUT2D eigenvalue weighted by Crippen LogP contribution is 2.36. The molecule has 1 N–H and O–H groups in total. The Hall–Kier alpha value is -1.69. The Morgan fingerprint density at radius 2 is 1.68 bits per heavy atom. The van der Waals surface area contributed by atoms with E-state index in [1.165, 1.54) is 70.6 Å². The third-order valence-corrected chi connectivity index (χ3v) is 8.28. The monoisotopic (exact) mass is 426 g/mol. The molecule has 2 aliphatic carbocycles. The van der Waals surface area contributed by atoms with E-state index in [-0.39, 0.29) is 17.5 Å². The van der Waals surface area contributed by atoms with E-state index in [1.807, 2.05) is 4.90 Å². The number of amides is 1. The van der Waals surface area contributed by atoms with Crippen LogP contribution in [0.1, 0.15) is 107 Å². The van der Waals surface area contributed by atoms with Gasteiger partial charge in [-0.3, -0.25) is 14.5 Å². The standard InChI is InChI=1S/C25H38N4O2/c30-23(16-18-8-3-1-4-9-18)28-15-13-21-20(17-28)25(31)27-24(26-21)22-12-7-14-29(22)19-10-5-2-6-11-19/h18-19,22H,1-17H2,(H,26,27,31)/t22-/m0/s1. The molecule has 1 saturated heterocycles. The number of fused-ring (bicyclic) bond motifs is 1. The van der Waals surface area contributed by atoms with Crippen LogP contribution in [-0.4, -0.2) is 44.8 Å². The van der Waals surface area contributed by atoms with Crippen molar-refractivity contribution >= 4 is 5.91 Å². The summed E-state index contributed by atoms with van der Waals surface area (Å²) in [5, 5.41) is 0. The largest absolute Gasteiger partial charge is 0.338 e. The lowest BCUT2D eigenvalue weighted by Gasteiger charge is -2.35. The maximum atomic E-state index is 13.0. The molecule has 170 valence electrons. The molecule has 0 bridgehead atoms. The van der Waals surface area contributed by atoms with Gasteiger partial charge in [0.25, 0.3) is 5.56 Å². The molecule has 2 aliphatic heterocycles. The van der Waals surface area contributed by atoms with Crippen molar-refractivity contribution in [2.45, 2.75) is 109 Å². The first-order valence-electron chi connectivity index (χ1n) is 12.8. The summed E-state index contributed by atoms with van der Waals surface area (Å²) in [5.41, 5.74) is 1.62. The molecule has 0 aromatic carbocycles. The number of aromatic amines is 1. The molecule has 1 aromatic heterocycles. The van der Waals surface area contributed by atoms with Gasteiger partial charge >= 0.3 is 0 Å². The molecule has 0 unspecified atom stereocenters. The predicted molar refractivity (Wildman–Crippen MR) is 121 cm³/mol. The lowest BCUT2D eigenvalue weighted by atomic mass is 9.86. The van der Waals surface area contributed by atoms with Crippen LogP contribution in [-0.2, 0) is 17.8 Å². The van der Waals surface area contributed by atoms with Crippen LogP contribution < -0.4 is 5.56 Å². The zero-order chi connectivity index (χ0) is 21.2. The molecule has 1 amide bonds. The highest BCUT2D eigenvalue weighted by atomic mass is 16.2. The molecular formula is C25H38N4O2. The Balaban J connectivity index is 1.28. The highest BCUT2D eigenvalue weighted by molar-refractivity contribution is 5.76. The second-order valence-corrected chi connectivity index (χ2v) is 10.3. The number of likely N-dealkylation sites (tertiary alicyclic amines) is 1. The van der Waals surface area contributed by atoms with Gasteiger partial charge < -0.3 is 9.88 Å². The predicted octanol–water partition coefficient (Wildman–Crippen LogP) is 4.09. The van der Waals surface area contributed by atoms with Crippen molar-refractivity contribution in [1.29, 1.82) is 0 Å². The van der Waals surface area contributed by atoms with Gasteiger partial charge in [0.05, 0.1) is 23.8 Å². The van der Waals surface area contributed by atoms with E-state index in [4.69, 9.17) is 4.98 Å². The summed E-state index contributed by atoms with van der Waals surface area (Å²) in [6.07, 6.45) is 16.4. The van der Waals surface area contributed by atoms with Crippen LogP contribution in [0.4, 0.5) is 0 Å². The first-order valence-corrected chi connectivity index (χ1v) is 12.8. The Bertz CT molecular complexity index is 838. The Kier molecular flexibility index (Phi) is 6.44. The van der Waals surface area contributed by atoms with Crippen LogP contribution >= 0.6 is 0 Å². The number of nitrogens with one attached hydrogen (secondary N) is 1. The molecule has 0 spiro atoms. The molecule has 1 atom stereocenters. The Labute approximate surface area is 185 Å². The van der Waals surface area contributed by atoms with Gasteiger partial charge in [-0.1, -0.05) is 38.5 Å². The zero-order valence-electron chi connectivity index (χ0n) is 18.9. The molecule has 2 saturated carbocycles. The fourth-order valence-corrected chi connectivity index (χ4v) is 6.51. The number of nitrogens with zero attached hydrogens (tertiary/aromatic N) is 3. The van der Waals surface area contributed by atoms with Gasteiger partial charge in [-0.2, -0.15) is 0 Å². The van der Waals surface area contributed by atoms with Crippen LogP contribution in [0, 0.1) is 5.92 Å². The summed E-state index contributed by atoms with van der Waals surface area (Å²) in [6.45, 7) is 2.26. The first-order chi connectivity index (χ1) is 15.2. The molecule has 0 radical (unpaired) electrons. The summed E-state index contributed by atoms with van der Waals surface area (Å²) in [4.78, 5) is 38.5. The van der Waals surface area contributed by atoms with Crippen LogP contribution in [0.15, 0.2) is 4.79 Å². The second-order valence-electron chi connectivity index (χ2n) is 10.3. The normalized spacial score (nSPS) is 26.2. The smallest absolute Gasteiger partial charge is 0.256 e.